The highest BCUT2D eigenvalue weighted by atomic mass is 16.6. The van der Waals surface area contributed by atoms with Crippen molar-refractivity contribution in [3.05, 3.63) is 28.4 Å². The lowest BCUT2D eigenvalue weighted by atomic mass is 10.1. The molecule has 0 saturated heterocycles. The lowest BCUT2D eigenvalue weighted by Gasteiger charge is -2.19. The van der Waals surface area contributed by atoms with Gasteiger partial charge in [0, 0.05) is 16.8 Å². The van der Waals surface area contributed by atoms with E-state index in [-0.39, 0.29) is 12.1 Å². The molecule has 1 heterocycles. The summed E-state index contributed by atoms with van der Waals surface area (Å²) in [5, 5.41) is 5.46. The van der Waals surface area contributed by atoms with Crippen molar-refractivity contribution in [2.75, 3.05) is 0 Å². The molecule has 6 nitrogen and oxygen atoms in total. The SMILES string of the molecule is Cc1ncc(OC(=O)NC(C)(C)C)cc1CN=O. The maximum absolute atomic E-state index is 11.5. The minimum absolute atomic E-state index is 0.0108. The Morgan fingerprint density at radius 1 is 1.50 bits per heavy atom. The first-order valence-electron chi connectivity index (χ1n) is 5.56. The Morgan fingerprint density at radius 2 is 2.17 bits per heavy atom. The summed E-state index contributed by atoms with van der Waals surface area (Å²) in [6, 6.07) is 1.59. The number of hydrogen-bond acceptors (Lipinski definition) is 5. The Hall–Kier alpha value is -1.98. The summed E-state index contributed by atoms with van der Waals surface area (Å²) < 4.78 is 5.08. The topological polar surface area (TPSA) is 80.7 Å². The molecule has 0 bridgehead atoms. The van der Waals surface area contributed by atoms with E-state index in [2.05, 4.69) is 15.5 Å². The molecule has 6 heteroatoms. The average Bonchev–Trinajstić information content (AvgIpc) is 2.20. The molecule has 1 aromatic heterocycles. The van der Waals surface area contributed by atoms with Crippen molar-refractivity contribution in [1.82, 2.24) is 10.3 Å². The first-order valence-corrected chi connectivity index (χ1v) is 5.56. The molecule has 0 spiro atoms. The number of carbonyl (C=O) groups excluding carboxylic acids is 1. The number of pyridine rings is 1. The normalized spacial score (nSPS) is 10.9. The van der Waals surface area contributed by atoms with E-state index in [0.29, 0.717) is 17.0 Å². The van der Waals surface area contributed by atoms with Gasteiger partial charge in [0.2, 0.25) is 0 Å². The highest BCUT2D eigenvalue weighted by molar-refractivity contribution is 5.71. The van der Waals surface area contributed by atoms with Crippen LogP contribution in [0.5, 0.6) is 5.75 Å². The van der Waals surface area contributed by atoms with Crippen molar-refractivity contribution in [2.24, 2.45) is 5.18 Å². The van der Waals surface area contributed by atoms with Crippen LogP contribution in [0.1, 0.15) is 32.0 Å². The Labute approximate surface area is 106 Å². The van der Waals surface area contributed by atoms with Crippen molar-refractivity contribution in [1.29, 1.82) is 0 Å². The molecule has 0 atom stereocenters. The Bertz CT molecular complexity index is 452. The zero-order valence-electron chi connectivity index (χ0n) is 11.0. The van der Waals surface area contributed by atoms with E-state index in [9.17, 15) is 9.70 Å². The summed E-state index contributed by atoms with van der Waals surface area (Å²) in [4.78, 5) is 25.8. The zero-order valence-corrected chi connectivity index (χ0v) is 11.0. The number of hydrogen-bond donors (Lipinski definition) is 1. The summed E-state index contributed by atoms with van der Waals surface area (Å²) >= 11 is 0. The number of rotatable bonds is 3. The molecule has 0 saturated carbocycles. The number of nitrogens with one attached hydrogen (secondary N) is 1. The number of amides is 1. The number of aryl methyl sites for hydroxylation is 1. The number of ether oxygens (including phenoxy) is 1. The molecule has 1 aromatic rings. The van der Waals surface area contributed by atoms with Crippen LogP contribution in [0, 0.1) is 11.8 Å². The van der Waals surface area contributed by atoms with E-state index >= 15 is 0 Å². The molecule has 1 rings (SSSR count). The van der Waals surface area contributed by atoms with Crippen LogP contribution in [0.15, 0.2) is 17.4 Å². The molecule has 0 aromatic carbocycles. The van der Waals surface area contributed by atoms with Gasteiger partial charge in [-0.05, 0) is 33.8 Å². The minimum atomic E-state index is -0.557. The Morgan fingerprint density at radius 3 is 2.72 bits per heavy atom. The number of nitrogens with zero attached hydrogens (tertiary/aromatic N) is 2. The number of aromatic nitrogens is 1. The van der Waals surface area contributed by atoms with Gasteiger partial charge in [-0.15, -0.1) is 0 Å². The summed E-state index contributed by atoms with van der Waals surface area (Å²) in [7, 11) is 0. The predicted molar refractivity (Wildman–Crippen MR) is 67.4 cm³/mol. The van der Waals surface area contributed by atoms with Gasteiger partial charge in [-0.25, -0.2) is 4.79 Å². The molecular formula is C12H17N3O3. The third-order valence-electron chi connectivity index (χ3n) is 2.09. The average molecular weight is 251 g/mol. The fourth-order valence-corrected chi connectivity index (χ4v) is 1.28. The van der Waals surface area contributed by atoms with Crippen molar-refractivity contribution < 1.29 is 9.53 Å². The highest BCUT2D eigenvalue weighted by Crippen LogP contribution is 2.16. The number of nitroso groups, excluding NO2 is 1. The fraction of sp³-hybridized carbons (Fsp3) is 0.500. The summed E-state index contributed by atoms with van der Waals surface area (Å²) in [6.07, 6.45) is 0.879. The third kappa shape index (κ3) is 4.48. The van der Waals surface area contributed by atoms with Crippen LogP contribution in [-0.4, -0.2) is 16.6 Å². The zero-order chi connectivity index (χ0) is 13.8. The van der Waals surface area contributed by atoms with Crippen LogP contribution < -0.4 is 10.1 Å². The van der Waals surface area contributed by atoms with Crippen molar-refractivity contribution >= 4 is 6.09 Å². The monoisotopic (exact) mass is 251 g/mol. The van der Waals surface area contributed by atoms with Crippen LogP contribution in [0.3, 0.4) is 0 Å². The summed E-state index contributed by atoms with van der Waals surface area (Å²) in [5.74, 6) is 0.293. The van der Waals surface area contributed by atoms with Crippen LogP contribution >= 0.6 is 0 Å². The molecule has 0 aliphatic carbocycles. The Balaban J connectivity index is 2.76. The molecule has 0 radical (unpaired) electrons. The smallest absolute Gasteiger partial charge is 0.409 e. The second-order valence-electron chi connectivity index (χ2n) is 4.97. The maximum Gasteiger partial charge on any atom is 0.413 e. The first-order chi connectivity index (χ1) is 8.31. The van der Waals surface area contributed by atoms with Gasteiger partial charge in [-0.2, -0.15) is 4.91 Å². The number of carbonyl (C=O) groups is 1. The van der Waals surface area contributed by atoms with Gasteiger partial charge in [0.1, 0.15) is 6.54 Å². The molecule has 0 fully saturated rings. The van der Waals surface area contributed by atoms with Gasteiger partial charge < -0.3 is 10.1 Å². The van der Waals surface area contributed by atoms with Gasteiger partial charge in [-0.3, -0.25) is 4.98 Å². The van der Waals surface area contributed by atoms with Crippen LogP contribution in [0.2, 0.25) is 0 Å². The molecule has 0 aliphatic heterocycles. The van der Waals surface area contributed by atoms with Gasteiger partial charge in [0.05, 0.1) is 6.20 Å². The molecule has 0 unspecified atom stereocenters. The summed E-state index contributed by atoms with van der Waals surface area (Å²) in [5.41, 5.74) is 0.965. The fourth-order valence-electron chi connectivity index (χ4n) is 1.28. The third-order valence-corrected chi connectivity index (χ3v) is 2.09. The molecular weight excluding hydrogens is 234 g/mol. The quantitative estimate of drug-likeness (QED) is 0.837. The Kier molecular flexibility index (Phi) is 4.36. The van der Waals surface area contributed by atoms with E-state index in [1.165, 1.54) is 6.20 Å². The molecule has 98 valence electrons. The van der Waals surface area contributed by atoms with Gasteiger partial charge in [-0.1, -0.05) is 5.18 Å². The van der Waals surface area contributed by atoms with Crippen LogP contribution in [0.25, 0.3) is 0 Å². The molecule has 18 heavy (non-hydrogen) atoms. The van der Waals surface area contributed by atoms with Gasteiger partial charge in [0.25, 0.3) is 0 Å². The van der Waals surface area contributed by atoms with E-state index in [0.717, 1.165) is 0 Å². The minimum Gasteiger partial charge on any atom is -0.409 e. The molecule has 1 N–H and O–H groups in total. The lowest BCUT2D eigenvalue weighted by Crippen LogP contribution is -2.42. The van der Waals surface area contributed by atoms with E-state index in [1.54, 1.807) is 13.0 Å². The largest absolute Gasteiger partial charge is 0.413 e. The second-order valence-corrected chi connectivity index (χ2v) is 4.97. The van der Waals surface area contributed by atoms with E-state index < -0.39 is 6.09 Å². The van der Waals surface area contributed by atoms with Gasteiger partial charge >= 0.3 is 6.09 Å². The molecule has 0 aliphatic rings. The van der Waals surface area contributed by atoms with Gasteiger partial charge in [0.15, 0.2) is 5.75 Å². The second kappa shape index (κ2) is 5.57. The van der Waals surface area contributed by atoms with Crippen LogP contribution in [-0.2, 0) is 6.54 Å². The van der Waals surface area contributed by atoms with E-state index in [1.807, 2.05) is 20.8 Å². The van der Waals surface area contributed by atoms with E-state index in [4.69, 9.17) is 4.74 Å². The highest BCUT2D eigenvalue weighted by Gasteiger charge is 2.15. The van der Waals surface area contributed by atoms with Crippen molar-refractivity contribution in [3.63, 3.8) is 0 Å². The predicted octanol–water partition coefficient (Wildman–Crippen LogP) is 2.54. The standard InChI is InChI=1S/C12H17N3O3/c1-8-9(6-14-17)5-10(7-13-8)18-11(16)15-12(2,3)4/h5,7H,6H2,1-4H3,(H,15,16). The van der Waals surface area contributed by atoms with Crippen LogP contribution in [0.4, 0.5) is 4.79 Å². The molecule has 1 amide bonds. The van der Waals surface area contributed by atoms with Crippen molar-refractivity contribution in [3.8, 4) is 5.75 Å². The maximum atomic E-state index is 11.5. The van der Waals surface area contributed by atoms with Crippen molar-refractivity contribution in [2.45, 2.75) is 39.8 Å². The first kappa shape index (κ1) is 14.1. The lowest BCUT2D eigenvalue weighted by molar-refractivity contribution is 0.190. The summed E-state index contributed by atoms with van der Waals surface area (Å²) in [6.45, 7) is 7.33.